The van der Waals surface area contributed by atoms with Crippen molar-refractivity contribution in [2.24, 2.45) is 0 Å². The van der Waals surface area contributed by atoms with Gasteiger partial charge < -0.3 is 20.1 Å². The number of fused-ring (bicyclic) bond motifs is 1. The Balaban J connectivity index is 1.64. The molecular formula is C27H35N5O2. The highest BCUT2D eigenvalue weighted by Crippen LogP contribution is 2.28. The van der Waals surface area contributed by atoms with Crippen molar-refractivity contribution in [2.75, 3.05) is 43.6 Å². The number of nitrogens with one attached hydrogen (secondary N) is 1. The molecule has 0 unspecified atom stereocenters. The van der Waals surface area contributed by atoms with E-state index in [2.05, 4.69) is 62.6 Å². The molecule has 1 aromatic heterocycles. The van der Waals surface area contributed by atoms with E-state index in [1.54, 1.807) is 13.4 Å². The van der Waals surface area contributed by atoms with Crippen LogP contribution in [-0.4, -0.2) is 53.3 Å². The molecule has 3 aromatic rings. The summed E-state index contributed by atoms with van der Waals surface area (Å²) in [6.45, 7) is 4.88. The van der Waals surface area contributed by atoms with Crippen molar-refractivity contribution < 1.29 is 9.84 Å². The smallest absolute Gasteiger partial charge is 0.138 e. The van der Waals surface area contributed by atoms with E-state index in [1.807, 2.05) is 12.1 Å². The second-order valence-electron chi connectivity index (χ2n) is 8.69. The summed E-state index contributed by atoms with van der Waals surface area (Å²) in [6, 6.07) is 18.6. The summed E-state index contributed by atoms with van der Waals surface area (Å²) in [6.07, 6.45) is 5.06. The van der Waals surface area contributed by atoms with Gasteiger partial charge in [0.2, 0.25) is 0 Å². The molecule has 180 valence electrons. The van der Waals surface area contributed by atoms with Crippen molar-refractivity contribution in [3.8, 4) is 5.75 Å². The molecule has 0 aliphatic carbocycles. The highest BCUT2D eigenvalue weighted by atomic mass is 16.5. The first-order chi connectivity index (χ1) is 16.8. The molecule has 1 aliphatic rings. The first kappa shape index (κ1) is 24.0. The normalized spacial score (nSPS) is 14.9. The number of nitrogens with zero attached hydrogens (tertiary/aromatic N) is 4. The van der Waals surface area contributed by atoms with Crippen LogP contribution in [0.25, 0.3) is 0 Å². The number of aliphatic hydroxyl groups excluding tert-OH is 1. The van der Waals surface area contributed by atoms with E-state index in [0.717, 1.165) is 67.4 Å². The molecule has 4 rings (SSSR count). The summed E-state index contributed by atoms with van der Waals surface area (Å²) in [5.41, 5.74) is 3.51. The number of aromatic nitrogens is 2. The number of ether oxygens (including phenoxy) is 1. The van der Waals surface area contributed by atoms with Gasteiger partial charge in [0.05, 0.1) is 19.3 Å². The highest BCUT2D eigenvalue weighted by molar-refractivity contribution is 5.59. The van der Waals surface area contributed by atoms with Crippen LogP contribution in [0.5, 0.6) is 5.75 Å². The van der Waals surface area contributed by atoms with Gasteiger partial charge in [-0.25, -0.2) is 9.97 Å². The summed E-state index contributed by atoms with van der Waals surface area (Å²) in [7, 11) is 1.68. The molecule has 2 aromatic carbocycles. The van der Waals surface area contributed by atoms with Crippen LogP contribution in [0.1, 0.15) is 36.0 Å². The average molecular weight is 462 g/mol. The van der Waals surface area contributed by atoms with E-state index >= 15 is 0 Å². The van der Waals surface area contributed by atoms with Gasteiger partial charge in [-0.3, -0.25) is 4.90 Å². The predicted octanol–water partition coefficient (Wildman–Crippen LogP) is 4.08. The molecule has 2 N–H and O–H groups in total. The molecular weight excluding hydrogens is 426 g/mol. The third kappa shape index (κ3) is 6.46. The Morgan fingerprint density at radius 3 is 2.50 bits per heavy atom. The number of rotatable bonds is 8. The standard InChI is InChI=1S/C27H35N5O2/c1-34-24-12-10-22(11-13-24)18-28-26-25-20-31(16-17-33)14-6-3-7-15-32(27(25)30-21-29-26)19-23-8-4-2-5-9-23/h2,4-5,8-13,21,33H,3,6-7,14-20H2,1H3,(H,28,29,30). The second-order valence-corrected chi connectivity index (χ2v) is 8.69. The Kier molecular flexibility index (Phi) is 8.71. The molecule has 0 radical (unpaired) electrons. The number of β-amino-alcohol motifs (C(OH)–C–C–N with tert-alkyl or cyclic N) is 1. The lowest BCUT2D eigenvalue weighted by Crippen LogP contribution is -2.33. The third-order valence-corrected chi connectivity index (χ3v) is 6.26. The Morgan fingerprint density at radius 2 is 1.74 bits per heavy atom. The minimum absolute atomic E-state index is 0.144. The minimum atomic E-state index is 0.144. The highest BCUT2D eigenvalue weighted by Gasteiger charge is 2.21. The lowest BCUT2D eigenvalue weighted by atomic mass is 10.1. The van der Waals surface area contributed by atoms with Gasteiger partial charge in [-0.15, -0.1) is 0 Å². The largest absolute Gasteiger partial charge is 0.497 e. The van der Waals surface area contributed by atoms with Gasteiger partial charge in [0.25, 0.3) is 0 Å². The van der Waals surface area contributed by atoms with Crippen molar-refractivity contribution in [3.63, 3.8) is 0 Å². The SMILES string of the molecule is COc1ccc(CNc2ncnc3c2CN(CCO)CCCCCN3Cc2ccccc2)cc1. The van der Waals surface area contributed by atoms with Gasteiger partial charge in [0.1, 0.15) is 23.7 Å². The Hall–Kier alpha value is -3.16. The van der Waals surface area contributed by atoms with Crippen LogP contribution in [-0.2, 0) is 19.6 Å². The minimum Gasteiger partial charge on any atom is -0.497 e. The van der Waals surface area contributed by atoms with E-state index in [1.165, 1.54) is 5.56 Å². The van der Waals surface area contributed by atoms with Gasteiger partial charge >= 0.3 is 0 Å². The Bertz CT molecular complexity index is 1010. The molecule has 7 heteroatoms. The number of hydrogen-bond acceptors (Lipinski definition) is 7. The molecule has 0 bridgehead atoms. The van der Waals surface area contributed by atoms with E-state index in [0.29, 0.717) is 19.6 Å². The summed E-state index contributed by atoms with van der Waals surface area (Å²) in [5, 5.41) is 13.2. The lowest BCUT2D eigenvalue weighted by molar-refractivity contribution is 0.187. The van der Waals surface area contributed by atoms with E-state index < -0.39 is 0 Å². The third-order valence-electron chi connectivity index (χ3n) is 6.26. The molecule has 2 heterocycles. The van der Waals surface area contributed by atoms with Crippen molar-refractivity contribution in [3.05, 3.63) is 77.6 Å². The van der Waals surface area contributed by atoms with Crippen LogP contribution in [0.15, 0.2) is 60.9 Å². The molecule has 1 aliphatic heterocycles. The molecule has 34 heavy (non-hydrogen) atoms. The summed E-state index contributed by atoms with van der Waals surface area (Å²) in [5.74, 6) is 2.67. The molecule has 0 saturated heterocycles. The van der Waals surface area contributed by atoms with Gasteiger partial charge in [0.15, 0.2) is 0 Å². The summed E-state index contributed by atoms with van der Waals surface area (Å²) in [4.78, 5) is 14.1. The number of benzene rings is 2. The van der Waals surface area contributed by atoms with Crippen LogP contribution in [0, 0.1) is 0 Å². The zero-order valence-corrected chi connectivity index (χ0v) is 20.0. The zero-order valence-electron chi connectivity index (χ0n) is 20.0. The maximum absolute atomic E-state index is 9.66. The van der Waals surface area contributed by atoms with Crippen molar-refractivity contribution in [2.45, 2.75) is 38.9 Å². The maximum atomic E-state index is 9.66. The van der Waals surface area contributed by atoms with Gasteiger partial charge in [0, 0.05) is 32.7 Å². The zero-order chi connectivity index (χ0) is 23.6. The van der Waals surface area contributed by atoms with Crippen LogP contribution >= 0.6 is 0 Å². The Morgan fingerprint density at radius 1 is 0.941 bits per heavy atom. The van der Waals surface area contributed by atoms with Crippen LogP contribution < -0.4 is 15.0 Å². The van der Waals surface area contributed by atoms with Gasteiger partial charge in [-0.1, -0.05) is 48.9 Å². The number of anilines is 2. The topological polar surface area (TPSA) is 73.8 Å². The fourth-order valence-corrected chi connectivity index (χ4v) is 4.42. The molecule has 0 amide bonds. The van der Waals surface area contributed by atoms with Crippen molar-refractivity contribution in [1.29, 1.82) is 0 Å². The average Bonchev–Trinajstić information content (AvgIpc) is 2.88. The molecule has 7 nitrogen and oxygen atoms in total. The Labute approximate surface area is 202 Å². The van der Waals surface area contributed by atoms with Gasteiger partial charge in [-0.2, -0.15) is 0 Å². The quantitative estimate of drug-likeness (QED) is 0.524. The molecule has 0 saturated carbocycles. The monoisotopic (exact) mass is 461 g/mol. The second kappa shape index (κ2) is 12.3. The lowest BCUT2D eigenvalue weighted by Gasteiger charge is -2.31. The van der Waals surface area contributed by atoms with E-state index in [9.17, 15) is 5.11 Å². The fourth-order valence-electron chi connectivity index (χ4n) is 4.42. The predicted molar refractivity (Wildman–Crippen MR) is 136 cm³/mol. The fraction of sp³-hybridized carbons (Fsp3) is 0.407. The van der Waals surface area contributed by atoms with Crippen LogP contribution in [0.2, 0.25) is 0 Å². The van der Waals surface area contributed by atoms with E-state index in [-0.39, 0.29) is 6.61 Å². The first-order valence-electron chi connectivity index (χ1n) is 12.1. The number of aliphatic hydroxyl groups is 1. The van der Waals surface area contributed by atoms with Crippen LogP contribution in [0.4, 0.5) is 11.6 Å². The van der Waals surface area contributed by atoms with Crippen LogP contribution in [0.3, 0.4) is 0 Å². The summed E-state index contributed by atoms with van der Waals surface area (Å²) >= 11 is 0. The molecule has 0 spiro atoms. The molecule has 0 fully saturated rings. The number of hydrogen-bond donors (Lipinski definition) is 2. The van der Waals surface area contributed by atoms with Crippen molar-refractivity contribution >= 4 is 11.6 Å². The maximum Gasteiger partial charge on any atom is 0.138 e. The van der Waals surface area contributed by atoms with Crippen molar-refractivity contribution in [1.82, 2.24) is 14.9 Å². The first-order valence-corrected chi connectivity index (χ1v) is 12.1. The molecule has 0 atom stereocenters. The summed E-state index contributed by atoms with van der Waals surface area (Å²) < 4.78 is 5.28. The number of methoxy groups -OCH3 is 1. The van der Waals surface area contributed by atoms with Gasteiger partial charge in [-0.05, 0) is 42.6 Å². The van der Waals surface area contributed by atoms with E-state index in [4.69, 9.17) is 9.72 Å².